The van der Waals surface area contributed by atoms with Crippen molar-refractivity contribution in [1.82, 2.24) is 4.90 Å². The minimum atomic E-state index is -2.82. The van der Waals surface area contributed by atoms with E-state index in [4.69, 9.17) is 0 Å². The number of nitrogens with zero attached hydrogens (tertiary/aromatic N) is 1. The first kappa shape index (κ1) is 16.5. The number of thioether (sulfide) groups is 1. The van der Waals surface area contributed by atoms with Gasteiger partial charge < -0.3 is 9.84 Å². The van der Waals surface area contributed by atoms with Crippen molar-refractivity contribution in [2.75, 3.05) is 25.4 Å². The van der Waals surface area contributed by atoms with Crippen LogP contribution in [0.4, 0.5) is 8.78 Å². The molecule has 1 aliphatic rings. The topological polar surface area (TPSA) is 32.7 Å². The number of hydrogen-bond acceptors (Lipinski definition) is 4. The molecule has 0 spiro atoms. The third-order valence-corrected chi connectivity index (χ3v) is 4.97. The molecule has 0 radical (unpaired) electrons. The van der Waals surface area contributed by atoms with E-state index in [2.05, 4.69) is 16.6 Å². The maximum Gasteiger partial charge on any atom is 0.387 e. The highest BCUT2D eigenvalue weighted by molar-refractivity contribution is 8.00. The average molecular weight is 317 g/mol. The first-order valence-electron chi connectivity index (χ1n) is 7.15. The maximum absolute atomic E-state index is 12.1. The Kier molecular flexibility index (Phi) is 6.26. The number of hydrogen-bond donors (Lipinski definition) is 1. The second kappa shape index (κ2) is 7.96. The van der Waals surface area contributed by atoms with Gasteiger partial charge in [-0.2, -0.15) is 20.5 Å². The van der Waals surface area contributed by atoms with E-state index in [9.17, 15) is 13.9 Å². The minimum absolute atomic E-state index is 0.112. The SMILES string of the molecule is CCC1CN(CC(O)c2ccc(OC(F)F)cc2)CCS1. The minimum Gasteiger partial charge on any atom is -0.435 e. The van der Waals surface area contributed by atoms with Crippen LogP contribution in [0.25, 0.3) is 0 Å². The molecular weight excluding hydrogens is 296 g/mol. The van der Waals surface area contributed by atoms with Gasteiger partial charge in [-0.3, -0.25) is 4.90 Å². The second-order valence-electron chi connectivity index (χ2n) is 5.12. The quantitative estimate of drug-likeness (QED) is 0.874. The standard InChI is InChI=1S/C15H21F2NO2S/c1-2-13-9-18(7-8-21-13)10-14(19)11-3-5-12(6-4-11)20-15(16)17/h3-6,13-15,19H,2,7-10H2,1H3. The molecule has 1 heterocycles. The van der Waals surface area contributed by atoms with Crippen LogP contribution in [0.2, 0.25) is 0 Å². The predicted molar refractivity (Wildman–Crippen MR) is 81.0 cm³/mol. The summed E-state index contributed by atoms with van der Waals surface area (Å²) in [6.07, 6.45) is 0.530. The van der Waals surface area contributed by atoms with Crippen LogP contribution in [0.15, 0.2) is 24.3 Å². The van der Waals surface area contributed by atoms with Gasteiger partial charge in [0.2, 0.25) is 0 Å². The molecular formula is C15H21F2NO2S. The zero-order chi connectivity index (χ0) is 15.2. The van der Waals surface area contributed by atoms with E-state index >= 15 is 0 Å². The third kappa shape index (κ3) is 5.13. The van der Waals surface area contributed by atoms with Gasteiger partial charge in [0, 0.05) is 30.6 Å². The highest BCUT2D eigenvalue weighted by atomic mass is 32.2. The van der Waals surface area contributed by atoms with Crippen molar-refractivity contribution in [1.29, 1.82) is 0 Å². The van der Waals surface area contributed by atoms with Gasteiger partial charge in [0.15, 0.2) is 0 Å². The number of aliphatic hydroxyl groups is 1. The van der Waals surface area contributed by atoms with Crippen molar-refractivity contribution in [3.63, 3.8) is 0 Å². The van der Waals surface area contributed by atoms with E-state index < -0.39 is 12.7 Å². The molecule has 21 heavy (non-hydrogen) atoms. The van der Waals surface area contributed by atoms with Crippen LogP contribution in [0, 0.1) is 0 Å². The number of alkyl halides is 2. The Morgan fingerprint density at radius 3 is 2.71 bits per heavy atom. The summed E-state index contributed by atoms with van der Waals surface area (Å²) in [5.74, 6) is 1.20. The summed E-state index contributed by atoms with van der Waals surface area (Å²) in [7, 11) is 0. The molecule has 0 saturated carbocycles. The summed E-state index contributed by atoms with van der Waals surface area (Å²) in [5, 5.41) is 10.9. The summed E-state index contributed by atoms with van der Waals surface area (Å²) < 4.78 is 28.5. The molecule has 0 bridgehead atoms. The van der Waals surface area contributed by atoms with Crippen LogP contribution >= 0.6 is 11.8 Å². The normalized spacial score (nSPS) is 21.5. The van der Waals surface area contributed by atoms with Gasteiger partial charge >= 0.3 is 6.61 Å². The lowest BCUT2D eigenvalue weighted by Crippen LogP contribution is -2.39. The molecule has 6 heteroatoms. The molecule has 1 aromatic carbocycles. The van der Waals surface area contributed by atoms with Crippen LogP contribution in [0.1, 0.15) is 25.0 Å². The molecule has 1 saturated heterocycles. The Bertz CT molecular complexity index is 430. The van der Waals surface area contributed by atoms with Gasteiger partial charge in [0.25, 0.3) is 0 Å². The van der Waals surface area contributed by atoms with Crippen molar-refractivity contribution < 1.29 is 18.6 Å². The zero-order valence-electron chi connectivity index (χ0n) is 12.0. The number of β-amino-alcohol motifs (C(OH)–C–C–N with tert-alkyl or cyclic N) is 1. The number of benzene rings is 1. The van der Waals surface area contributed by atoms with Crippen molar-refractivity contribution in [2.24, 2.45) is 0 Å². The fourth-order valence-electron chi connectivity index (χ4n) is 2.41. The van der Waals surface area contributed by atoms with Gasteiger partial charge in [0.1, 0.15) is 5.75 Å². The molecule has 1 aliphatic heterocycles. The van der Waals surface area contributed by atoms with E-state index in [1.54, 1.807) is 12.1 Å². The van der Waals surface area contributed by atoms with Gasteiger partial charge in [0.05, 0.1) is 6.10 Å². The van der Waals surface area contributed by atoms with Crippen LogP contribution in [-0.2, 0) is 0 Å². The second-order valence-corrected chi connectivity index (χ2v) is 6.53. The molecule has 2 atom stereocenters. The predicted octanol–water partition coefficient (Wildman–Crippen LogP) is 3.15. The van der Waals surface area contributed by atoms with Crippen LogP contribution in [-0.4, -0.2) is 47.3 Å². The summed E-state index contributed by atoms with van der Waals surface area (Å²) in [4.78, 5) is 2.26. The number of rotatable bonds is 6. The highest BCUT2D eigenvalue weighted by Crippen LogP contribution is 2.24. The van der Waals surface area contributed by atoms with E-state index in [0.29, 0.717) is 11.8 Å². The van der Waals surface area contributed by atoms with Gasteiger partial charge in [-0.1, -0.05) is 19.1 Å². The average Bonchev–Trinajstić information content (AvgIpc) is 2.47. The molecule has 0 aliphatic carbocycles. The zero-order valence-corrected chi connectivity index (χ0v) is 12.9. The molecule has 2 unspecified atom stereocenters. The summed E-state index contributed by atoms with van der Waals surface area (Å²) in [5.41, 5.74) is 0.725. The lowest BCUT2D eigenvalue weighted by Gasteiger charge is -2.33. The third-order valence-electron chi connectivity index (χ3n) is 3.60. The number of ether oxygens (including phenoxy) is 1. The Morgan fingerprint density at radius 1 is 1.38 bits per heavy atom. The lowest BCUT2D eigenvalue weighted by atomic mass is 10.1. The van der Waals surface area contributed by atoms with Gasteiger partial charge in [-0.25, -0.2) is 0 Å². The van der Waals surface area contributed by atoms with Crippen molar-refractivity contribution >= 4 is 11.8 Å². The Hall–Kier alpha value is -0.850. The summed E-state index contributed by atoms with van der Waals surface area (Å²) in [6, 6.07) is 6.20. The van der Waals surface area contributed by atoms with Gasteiger partial charge in [-0.05, 0) is 24.1 Å². The first-order valence-corrected chi connectivity index (χ1v) is 8.20. The van der Waals surface area contributed by atoms with Crippen LogP contribution in [0.5, 0.6) is 5.75 Å². The van der Waals surface area contributed by atoms with Crippen molar-refractivity contribution in [3.05, 3.63) is 29.8 Å². The fraction of sp³-hybridized carbons (Fsp3) is 0.600. The first-order chi connectivity index (χ1) is 10.1. The molecule has 1 aromatic rings. The summed E-state index contributed by atoms with van der Waals surface area (Å²) in [6.45, 7) is 1.90. The molecule has 3 nitrogen and oxygen atoms in total. The largest absolute Gasteiger partial charge is 0.435 e. The van der Waals surface area contributed by atoms with Crippen LogP contribution in [0.3, 0.4) is 0 Å². The van der Waals surface area contributed by atoms with E-state index in [1.807, 2.05) is 11.8 Å². The smallest absolute Gasteiger partial charge is 0.387 e. The van der Waals surface area contributed by atoms with Gasteiger partial charge in [-0.15, -0.1) is 0 Å². The molecule has 2 rings (SSSR count). The highest BCUT2D eigenvalue weighted by Gasteiger charge is 2.21. The number of aliphatic hydroxyl groups excluding tert-OH is 1. The van der Waals surface area contributed by atoms with E-state index in [-0.39, 0.29) is 5.75 Å². The molecule has 0 amide bonds. The monoisotopic (exact) mass is 317 g/mol. The Morgan fingerprint density at radius 2 is 2.10 bits per heavy atom. The van der Waals surface area contributed by atoms with Crippen LogP contribution < -0.4 is 4.74 Å². The van der Waals surface area contributed by atoms with E-state index in [1.165, 1.54) is 12.1 Å². The lowest BCUT2D eigenvalue weighted by molar-refractivity contribution is -0.0498. The molecule has 1 fully saturated rings. The molecule has 118 valence electrons. The fourth-order valence-corrected chi connectivity index (χ4v) is 3.66. The Balaban J connectivity index is 1.89. The summed E-state index contributed by atoms with van der Waals surface area (Å²) >= 11 is 1.99. The Labute approximate surface area is 128 Å². The maximum atomic E-state index is 12.1. The number of halogens is 2. The molecule has 1 N–H and O–H groups in total. The van der Waals surface area contributed by atoms with E-state index in [0.717, 1.165) is 30.8 Å². The van der Waals surface area contributed by atoms with Crippen molar-refractivity contribution in [2.45, 2.75) is 31.3 Å². The van der Waals surface area contributed by atoms with Crippen molar-refractivity contribution in [3.8, 4) is 5.75 Å². The molecule has 0 aromatic heterocycles.